The number of aliphatic carboxylic acids is 1. The zero-order chi connectivity index (χ0) is 19.6. The van der Waals surface area contributed by atoms with Gasteiger partial charge >= 0.3 is 18.0 Å². The summed E-state index contributed by atoms with van der Waals surface area (Å²) in [5.74, 6) is -2.18. The van der Waals surface area contributed by atoms with Crippen molar-refractivity contribution in [3.05, 3.63) is 0 Å². The third-order valence-electron chi connectivity index (χ3n) is 5.71. The first-order valence-electron chi connectivity index (χ1n) is 8.90. The van der Waals surface area contributed by atoms with Crippen molar-refractivity contribution in [3.63, 3.8) is 0 Å². The Bertz CT molecular complexity index is 586. The molecule has 9 heteroatoms. The third-order valence-corrected chi connectivity index (χ3v) is 5.71. The van der Waals surface area contributed by atoms with Gasteiger partial charge in [-0.3, -0.25) is 9.59 Å². The number of rotatable bonds is 2. The van der Waals surface area contributed by atoms with E-state index in [0.717, 1.165) is 25.7 Å². The number of carbonyl (C=O) groups excluding carboxylic acids is 3. The lowest BCUT2D eigenvalue weighted by Crippen LogP contribution is -2.51. The zero-order valence-electron chi connectivity index (χ0n) is 15.0. The molecule has 3 aliphatic carbocycles. The van der Waals surface area contributed by atoms with Gasteiger partial charge < -0.3 is 26.6 Å². The molecule has 1 spiro atoms. The van der Waals surface area contributed by atoms with E-state index in [1.54, 1.807) is 0 Å². The summed E-state index contributed by atoms with van der Waals surface area (Å²) in [6.07, 6.45) is 7.26. The van der Waals surface area contributed by atoms with Crippen LogP contribution in [0.5, 0.6) is 0 Å². The summed E-state index contributed by atoms with van der Waals surface area (Å²) in [6, 6.07) is 0. The first-order valence-corrected chi connectivity index (χ1v) is 8.90. The number of alkyl carbamates (subject to hydrolysis) is 1. The molecule has 0 unspecified atom stereocenters. The van der Waals surface area contributed by atoms with Crippen molar-refractivity contribution >= 4 is 23.9 Å². The Morgan fingerprint density at radius 2 is 1.50 bits per heavy atom. The monoisotopic (exact) mass is 369 g/mol. The molecule has 0 aromatic heterocycles. The van der Waals surface area contributed by atoms with E-state index in [9.17, 15) is 19.2 Å². The van der Waals surface area contributed by atoms with Crippen LogP contribution in [0.2, 0.25) is 0 Å². The molecule has 3 saturated carbocycles. The first kappa shape index (κ1) is 20.2. The topological polar surface area (TPSA) is 162 Å². The molecule has 4 rings (SSSR count). The van der Waals surface area contributed by atoms with Gasteiger partial charge in [-0.25, -0.2) is 9.59 Å². The van der Waals surface area contributed by atoms with E-state index < -0.39 is 34.9 Å². The van der Waals surface area contributed by atoms with Crippen LogP contribution in [-0.2, 0) is 19.1 Å². The summed E-state index contributed by atoms with van der Waals surface area (Å²) in [5, 5.41) is 11.1. The number of carbonyl (C=O) groups is 4. The van der Waals surface area contributed by atoms with Gasteiger partial charge in [0.2, 0.25) is 5.91 Å². The SMILES string of the molecule is CC1(N)CCC1.NC(=O)C1(C(=O)O)CCC1.O=C1NC2(CCC2)C(=O)O1. The van der Waals surface area contributed by atoms with Gasteiger partial charge in [-0.1, -0.05) is 6.42 Å². The molecule has 0 aromatic rings. The highest BCUT2D eigenvalue weighted by Crippen LogP contribution is 2.40. The fraction of sp³-hybridized carbons (Fsp3) is 0.765. The molecule has 1 saturated heterocycles. The third kappa shape index (κ3) is 3.98. The molecule has 1 heterocycles. The molecule has 4 fully saturated rings. The summed E-state index contributed by atoms with van der Waals surface area (Å²) in [6.45, 7) is 2.11. The van der Waals surface area contributed by atoms with Crippen LogP contribution in [0.15, 0.2) is 0 Å². The minimum Gasteiger partial charge on any atom is -0.480 e. The maximum Gasteiger partial charge on any atom is 0.415 e. The molecule has 9 nitrogen and oxygen atoms in total. The lowest BCUT2D eigenvalue weighted by atomic mass is 9.68. The Balaban J connectivity index is 0.000000145. The number of ether oxygens (including phenoxy) is 1. The van der Waals surface area contributed by atoms with Gasteiger partial charge in [0, 0.05) is 5.54 Å². The number of cyclic esters (lactones) is 2. The molecule has 1 aliphatic heterocycles. The largest absolute Gasteiger partial charge is 0.480 e. The lowest BCUT2D eigenvalue weighted by molar-refractivity contribution is -0.160. The van der Waals surface area contributed by atoms with Gasteiger partial charge in [0.15, 0.2) is 0 Å². The number of carboxylic acid groups (broad SMARTS) is 1. The lowest BCUT2D eigenvalue weighted by Gasteiger charge is -2.33. The number of hydrogen-bond acceptors (Lipinski definition) is 6. The molecule has 4 aliphatic rings. The molecule has 146 valence electrons. The predicted molar refractivity (Wildman–Crippen MR) is 90.8 cm³/mol. The Morgan fingerprint density at radius 1 is 1.04 bits per heavy atom. The van der Waals surface area contributed by atoms with Crippen LogP contribution in [0.3, 0.4) is 0 Å². The minimum atomic E-state index is -1.22. The maximum absolute atomic E-state index is 10.9. The molecule has 0 atom stereocenters. The number of hydrogen-bond donors (Lipinski definition) is 4. The summed E-state index contributed by atoms with van der Waals surface area (Å²) in [4.78, 5) is 42.4. The van der Waals surface area contributed by atoms with E-state index in [-0.39, 0.29) is 5.54 Å². The predicted octanol–water partition coefficient (Wildman–Crippen LogP) is 0.790. The van der Waals surface area contributed by atoms with Crippen molar-refractivity contribution in [3.8, 4) is 0 Å². The van der Waals surface area contributed by atoms with Gasteiger partial charge in [-0.15, -0.1) is 0 Å². The van der Waals surface area contributed by atoms with Crippen LogP contribution in [0.25, 0.3) is 0 Å². The number of amides is 2. The molecule has 0 radical (unpaired) electrons. The normalized spacial score (nSPS) is 25.5. The molecule has 0 aromatic carbocycles. The van der Waals surface area contributed by atoms with E-state index in [1.807, 2.05) is 0 Å². The second kappa shape index (κ2) is 7.22. The van der Waals surface area contributed by atoms with Crippen molar-refractivity contribution in [2.75, 3.05) is 0 Å². The van der Waals surface area contributed by atoms with E-state index in [1.165, 1.54) is 19.3 Å². The van der Waals surface area contributed by atoms with Crippen molar-refractivity contribution in [1.82, 2.24) is 5.32 Å². The molecular weight excluding hydrogens is 342 g/mol. The molecule has 6 N–H and O–H groups in total. The molecular formula is C17H27N3O6. The molecule has 0 bridgehead atoms. The van der Waals surface area contributed by atoms with Crippen LogP contribution in [0.1, 0.15) is 64.7 Å². The fourth-order valence-corrected chi connectivity index (χ4v) is 3.14. The van der Waals surface area contributed by atoms with Crippen LogP contribution < -0.4 is 16.8 Å². The Morgan fingerprint density at radius 3 is 1.58 bits per heavy atom. The van der Waals surface area contributed by atoms with Gasteiger partial charge in [-0.2, -0.15) is 0 Å². The number of nitrogens with one attached hydrogen (secondary N) is 1. The second-order valence-electron chi connectivity index (χ2n) is 7.85. The van der Waals surface area contributed by atoms with Gasteiger partial charge in [0.25, 0.3) is 0 Å². The van der Waals surface area contributed by atoms with Gasteiger partial charge in [0.1, 0.15) is 11.0 Å². The fourth-order valence-electron chi connectivity index (χ4n) is 3.14. The average molecular weight is 369 g/mol. The van der Waals surface area contributed by atoms with Crippen molar-refractivity contribution < 1.29 is 29.0 Å². The van der Waals surface area contributed by atoms with Gasteiger partial charge in [0.05, 0.1) is 0 Å². The van der Waals surface area contributed by atoms with E-state index in [0.29, 0.717) is 12.8 Å². The number of nitrogens with two attached hydrogens (primary N) is 2. The number of primary amides is 1. The Labute approximate surface area is 151 Å². The summed E-state index contributed by atoms with van der Waals surface area (Å²) < 4.78 is 4.33. The zero-order valence-corrected chi connectivity index (χ0v) is 15.0. The highest BCUT2D eigenvalue weighted by atomic mass is 16.6. The van der Waals surface area contributed by atoms with Crippen molar-refractivity contribution in [2.24, 2.45) is 16.9 Å². The molecule has 26 heavy (non-hydrogen) atoms. The van der Waals surface area contributed by atoms with Crippen molar-refractivity contribution in [2.45, 2.75) is 75.8 Å². The summed E-state index contributed by atoms with van der Waals surface area (Å²) in [5.41, 5.74) is 8.92. The van der Waals surface area contributed by atoms with Crippen LogP contribution in [0.4, 0.5) is 4.79 Å². The smallest absolute Gasteiger partial charge is 0.415 e. The van der Waals surface area contributed by atoms with Crippen LogP contribution >= 0.6 is 0 Å². The van der Waals surface area contributed by atoms with E-state index >= 15 is 0 Å². The van der Waals surface area contributed by atoms with Crippen molar-refractivity contribution in [1.29, 1.82) is 0 Å². The Kier molecular flexibility index (Phi) is 5.60. The van der Waals surface area contributed by atoms with Crippen LogP contribution in [-0.4, -0.2) is 40.1 Å². The van der Waals surface area contributed by atoms with Gasteiger partial charge in [-0.05, 0) is 58.3 Å². The quantitative estimate of drug-likeness (QED) is 0.413. The first-order chi connectivity index (χ1) is 12.0. The average Bonchev–Trinajstić information content (AvgIpc) is 2.71. The Hall–Kier alpha value is -2.16. The summed E-state index contributed by atoms with van der Waals surface area (Å²) >= 11 is 0. The minimum absolute atomic E-state index is 0.222. The van der Waals surface area contributed by atoms with E-state index in [2.05, 4.69) is 17.0 Å². The highest BCUT2D eigenvalue weighted by molar-refractivity contribution is 6.02. The standard InChI is InChI=1S/C6H7NO3.C6H9NO3.C5H11N/c8-4-6(2-1-3-6)7-5(9)10-4;7-4(8)6(5(9)10)2-1-3-6;1-5(6)3-2-4-5/h1-3H2,(H,7,9);1-3H2,(H2,7,8)(H,9,10);2-4,6H2,1H3. The highest BCUT2D eigenvalue weighted by Gasteiger charge is 2.52. The maximum atomic E-state index is 10.9. The summed E-state index contributed by atoms with van der Waals surface area (Å²) in [7, 11) is 0. The van der Waals surface area contributed by atoms with E-state index in [4.69, 9.17) is 16.6 Å². The van der Waals surface area contributed by atoms with Crippen LogP contribution in [0, 0.1) is 5.41 Å². The number of carboxylic acids is 1. The molecule has 2 amide bonds. The number of esters is 1. The second-order valence-corrected chi connectivity index (χ2v) is 7.85.